The van der Waals surface area contributed by atoms with Gasteiger partial charge in [-0.3, -0.25) is 5.84 Å². The van der Waals surface area contributed by atoms with Crippen molar-refractivity contribution in [2.45, 2.75) is 51.0 Å². The van der Waals surface area contributed by atoms with Gasteiger partial charge in [0.15, 0.2) is 0 Å². The molecule has 4 aliphatic rings. The van der Waals surface area contributed by atoms with Gasteiger partial charge in [0.05, 0.1) is 16.8 Å². The molecule has 4 fully saturated rings. The Morgan fingerprint density at radius 3 is 2.30 bits per heavy atom. The van der Waals surface area contributed by atoms with Crippen LogP contribution in [0.2, 0.25) is 0 Å². The maximum atomic E-state index is 5.83. The average Bonchev–Trinajstić information content (AvgIpc) is 2.80. The Morgan fingerprint density at radius 2 is 1.85 bits per heavy atom. The van der Waals surface area contributed by atoms with Gasteiger partial charge in [0.1, 0.15) is 5.76 Å². The molecule has 0 radical (unpaired) electrons. The number of hydrogen-bond donors (Lipinski definition) is 2. The molecule has 3 nitrogen and oxygen atoms in total. The summed E-state index contributed by atoms with van der Waals surface area (Å²) in [6, 6.07) is 2.09. The summed E-state index contributed by atoms with van der Waals surface area (Å²) in [5.74, 6) is 9.75. The van der Waals surface area contributed by atoms with Gasteiger partial charge in [-0.15, -0.1) is 0 Å². The van der Waals surface area contributed by atoms with Gasteiger partial charge in [0.2, 0.25) is 0 Å². The minimum absolute atomic E-state index is 0.135. The fourth-order valence-corrected chi connectivity index (χ4v) is 6.23. The Bertz CT molecular complexity index is 463. The van der Waals surface area contributed by atoms with Crippen LogP contribution in [0.25, 0.3) is 0 Å². The zero-order valence-corrected chi connectivity index (χ0v) is 13.4. The number of halogens is 1. The van der Waals surface area contributed by atoms with Crippen molar-refractivity contribution in [1.82, 2.24) is 5.43 Å². The van der Waals surface area contributed by atoms with Gasteiger partial charge < -0.3 is 4.42 Å². The lowest BCUT2D eigenvalue weighted by Crippen LogP contribution is -2.48. The van der Waals surface area contributed by atoms with E-state index in [0.717, 1.165) is 34.4 Å². The van der Waals surface area contributed by atoms with Gasteiger partial charge >= 0.3 is 0 Å². The molecule has 0 aliphatic heterocycles. The van der Waals surface area contributed by atoms with Gasteiger partial charge in [-0.05, 0) is 90.1 Å². The molecule has 1 atom stereocenters. The maximum Gasteiger partial charge on any atom is 0.136 e. The molecule has 1 aromatic heterocycles. The zero-order chi connectivity index (χ0) is 13.7. The third-order valence-electron chi connectivity index (χ3n) is 5.96. The first-order chi connectivity index (χ1) is 9.67. The zero-order valence-electron chi connectivity index (χ0n) is 11.8. The van der Waals surface area contributed by atoms with Crippen molar-refractivity contribution < 1.29 is 4.42 Å². The third-order valence-corrected chi connectivity index (χ3v) is 6.62. The van der Waals surface area contributed by atoms with E-state index in [0.29, 0.717) is 5.41 Å². The predicted octanol–water partition coefficient (Wildman–Crippen LogP) is 4.15. The Hall–Kier alpha value is -0.320. The molecule has 0 amide bonds. The highest BCUT2D eigenvalue weighted by Crippen LogP contribution is 2.62. The van der Waals surface area contributed by atoms with Crippen molar-refractivity contribution in [1.29, 1.82) is 0 Å². The molecule has 110 valence electrons. The first-order valence-electron chi connectivity index (χ1n) is 7.86. The van der Waals surface area contributed by atoms with Gasteiger partial charge in [-0.25, -0.2) is 5.43 Å². The summed E-state index contributed by atoms with van der Waals surface area (Å²) < 4.78 is 6.67. The molecule has 0 saturated heterocycles. The Balaban J connectivity index is 1.57. The lowest BCUT2D eigenvalue weighted by molar-refractivity contribution is -0.0632. The Labute approximate surface area is 128 Å². The summed E-state index contributed by atoms with van der Waals surface area (Å²) in [5, 5.41) is 0. The third kappa shape index (κ3) is 2.16. The molecule has 5 rings (SSSR count). The van der Waals surface area contributed by atoms with Crippen molar-refractivity contribution >= 4 is 15.9 Å². The molecule has 4 saturated carbocycles. The van der Waals surface area contributed by atoms with E-state index in [9.17, 15) is 0 Å². The van der Waals surface area contributed by atoms with E-state index in [4.69, 9.17) is 10.3 Å². The van der Waals surface area contributed by atoms with Crippen LogP contribution in [-0.4, -0.2) is 0 Å². The number of hydrazine groups is 1. The van der Waals surface area contributed by atoms with E-state index < -0.39 is 0 Å². The largest absolute Gasteiger partial charge is 0.466 e. The van der Waals surface area contributed by atoms with E-state index in [1.807, 2.05) is 6.07 Å². The number of hydrogen-bond acceptors (Lipinski definition) is 3. The second-order valence-corrected chi connectivity index (χ2v) is 8.33. The van der Waals surface area contributed by atoms with E-state index >= 15 is 0 Å². The minimum atomic E-state index is 0.135. The molecule has 1 aromatic rings. The molecular weight excluding hydrogens is 316 g/mol. The van der Waals surface area contributed by atoms with Crippen molar-refractivity contribution in [2.24, 2.45) is 29.0 Å². The van der Waals surface area contributed by atoms with Gasteiger partial charge in [-0.2, -0.15) is 0 Å². The molecule has 20 heavy (non-hydrogen) atoms. The average molecular weight is 339 g/mol. The molecule has 4 heteroatoms. The lowest BCUT2D eigenvalue weighted by atomic mass is 9.48. The van der Waals surface area contributed by atoms with Gasteiger partial charge in [0.25, 0.3) is 0 Å². The molecule has 1 unspecified atom stereocenters. The van der Waals surface area contributed by atoms with Crippen LogP contribution in [-0.2, 0) is 0 Å². The number of nitrogens with two attached hydrogens (primary N) is 1. The molecule has 4 bridgehead atoms. The van der Waals surface area contributed by atoms with Crippen LogP contribution in [0.1, 0.15) is 56.7 Å². The second kappa shape index (κ2) is 4.85. The topological polar surface area (TPSA) is 51.2 Å². The smallest absolute Gasteiger partial charge is 0.136 e. The summed E-state index contributed by atoms with van der Waals surface area (Å²) in [6.45, 7) is 0. The highest BCUT2D eigenvalue weighted by molar-refractivity contribution is 9.10. The summed E-state index contributed by atoms with van der Waals surface area (Å²) in [6.07, 6.45) is 11.6. The van der Waals surface area contributed by atoms with Crippen LogP contribution >= 0.6 is 15.9 Å². The summed E-state index contributed by atoms with van der Waals surface area (Å²) in [4.78, 5) is 0. The highest BCUT2D eigenvalue weighted by Gasteiger charge is 2.51. The quantitative estimate of drug-likeness (QED) is 0.640. The van der Waals surface area contributed by atoms with Gasteiger partial charge in [0, 0.05) is 0 Å². The lowest BCUT2D eigenvalue weighted by Gasteiger charge is -2.57. The summed E-state index contributed by atoms with van der Waals surface area (Å²) >= 11 is 3.57. The minimum Gasteiger partial charge on any atom is -0.466 e. The first kappa shape index (κ1) is 13.4. The van der Waals surface area contributed by atoms with Gasteiger partial charge in [-0.1, -0.05) is 0 Å². The standard InChI is InChI=1S/C16H23BrN2O/c17-13-1-2-20-15(13)14(19-18)9-16-6-10-3-11(7-16)5-12(4-10)8-16/h1-2,10-12,14,19H,3-9,18H2. The van der Waals surface area contributed by atoms with Crippen molar-refractivity contribution in [3.05, 3.63) is 22.6 Å². The molecule has 0 spiro atoms. The number of rotatable bonds is 4. The number of furan rings is 1. The molecule has 0 aromatic carbocycles. The van der Waals surface area contributed by atoms with Crippen molar-refractivity contribution in [3.8, 4) is 0 Å². The summed E-state index contributed by atoms with van der Waals surface area (Å²) in [5.41, 5.74) is 3.51. The monoisotopic (exact) mass is 338 g/mol. The Morgan fingerprint density at radius 1 is 1.25 bits per heavy atom. The molecular formula is C16H23BrN2O. The molecule has 4 aliphatic carbocycles. The highest BCUT2D eigenvalue weighted by atomic mass is 79.9. The van der Waals surface area contributed by atoms with E-state index in [1.54, 1.807) is 6.26 Å². The number of nitrogens with one attached hydrogen (secondary N) is 1. The predicted molar refractivity (Wildman–Crippen MR) is 81.7 cm³/mol. The normalized spacial score (nSPS) is 40.2. The van der Waals surface area contributed by atoms with E-state index in [1.165, 1.54) is 38.5 Å². The fourth-order valence-electron chi connectivity index (χ4n) is 5.75. The van der Waals surface area contributed by atoms with Crippen LogP contribution in [0.4, 0.5) is 0 Å². The van der Waals surface area contributed by atoms with Crippen molar-refractivity contribution in [3.63, 3.8) is 0 Å². The summed E-state index contributed by atoms with van der Waals surface area (Å²) in [7, 11) is 0. The van der Waals surface area contributed by atoms with Crippen molar-refractivity contribution in [2.75, 3.05) is 0 Å². The molecule has 3 N–H and O–H groups in total. The SMILES string of the molecule is NNC(CC12CC3CC(CC(C3)C1)C2)c1occc1Br. The maximum absolute atomic E-state index is 5.83. The van der Waals surface area contributed by atoms with Crippen LogP contribution in [0.15, 0.2) is 21.2 Å². The molecule has 1 heterocycles. The van der Waals surface area contributed by atoms with Crippen LogP contribution in [0.5, 0.6) is 0 Å². The van der Waals surface area contributed by atoms with Crippen LogP contribution in [0.3, 0.4) is 0 Å². The fraction of sp³-hybridized carbons (Fsp3) is 0.750. The first-order valence-corrected chi connectivity index (χ1v) is 8.66. The van der Waals surface area contributed by atoms with Crippen LogP contribution in [0, 0.1) is 23.2 Å². The van der Waals surface area contributed by atoms with E-state index in [2.05, 4.69) is 21.4 Å². The van der Waals surface area contributed by atoms with E-state index in [-0.39, 0.29) is 6.04 Å². The second-order valence-electron chi connectivity index (χ2n) is 7.47. The Kier molecular flexibility index (Phi) is 3.24. The van der Waals surface area contributed by atoms with Crippen LogP contribution < -0.4 is 11.3 Å².